The molecule has 21 rings (SSSR count). The van der Waals surface area contributed by atoms with Gasteiger partial charge in [0.05, 0.1) is 97.2 Å². The predicted octanol–water partition coefficient (Wildman–Crippen LogP) is 11.3. The fraction of sp³-hybridized carbons (Fsp3) is 0.0865. The van der Waals surface area contributed by atoms with E-state index in [0.717, 1.165) is 83.1 Å². The first-order valence-electron chi connectivity index (χ1n) is 42.6. The van der Waals surface area contributed by atoms with E-state index in [1.54, 1.807) is 148 Å². The molecule has 6 aromatic carbocycles. The molecule has 0 atom stereocenters. The second-order valence-electron chi connectivity index (χ2n) is 30.2. The molecule has 0 N–H and O–H groups in total. The molecule has 21 aromatic rings. The molecule has 146 heavy (non-hydrogen) atoms. The van der Waals surface area contributed by atoms with E-state index in [-0.39, 0.29) is 205 Å². The van der Waals surface area contributed by atoms with Crippen LogP contribution in [-0.4, -0.2) is 283 Å². The minimum Gasteiger partial charge on any atom is -0.872 e. The van der Waals surface area contributed by atoms with Crippen LogP contribution in [0.4, 0.5) is 0 Å². The van der Waals surface area contributed by atoms with Gasteiger partial charge in [-0.3, -0.25) is 39.9 Å². The van der Waals surface area contributed by atoms with Crippen molar-refractivity contribution < 1.29 is 40.9 Å². The van der Waals surface area contributed by atoms with E-state index in [1.807, 2.05) is 238 Å². The Morgan fingerprint density at radius 3 is 1.25 bits per heavy atom. The summed E-state index contributed by atoms with van der Waals surface area (Å²) >= 11 is 1.53. The number of aryl methyl sites for hydroxylation is 9. The molecule has 0 saturated heterocycles. The predicted molar refractivity (Wildman–Crippen MR) is 554 cm³/mol. The second kappa shape index (κ2) is 59.7. The Morgan fingerprint density at radius 2 is 0.740 bits per heavy atom. The largest absolute Gasteiger partial charge is 3.00 e. The van der Waals surface area contributed by atoms with Gasteiger partial charge in [-0.15, -0.1) is 21.5 Å². The van der Waals surface area contributed by atoms with Crippen molar-refractivity contribution in [3.63, 3.8) is 0 Å². The quantitative estimate of drug-likeness (QED) is 0.0967. The van der Waals surface area contributed by atoms with Gasteiger partial charge in [-0.2, -0.15) is 40.8 Å². The zero-order chi connectivity index (χ0) is 97.0. The third kappa shape index (κ3) is 32.2. The Morgan fingerprint density at radius 1 is 0.274 bits per heavy atom. The van der Waals surface area contributed by atoms with Crippen LogP contribution in [0.3, 0.4) is 0 Å². The summed E-state index contributed by atoms with van der Waals surface area (Å²) in [5, 5.41) is 133. The van der Waals surface area contributed by atoms with Crippen molar-refractivity contribution in [3.8, 4) is 169 Å². The van der Waals surface area contributed by atoms with Crippen LogP contribution >= 0.6 is 11.3 Å². The number of rotatable bonds is 13. The van der Waals surface area contributed by atoms with Crippen molar-refractivity contribution in [1.82, 2.24) is 125 Å². The van der Waals surface area contributed by atoms with Gasteiger partial charge in [0, 0.05) is 111 Å². The molecule has 0 unspecified atom stereocenters. The molecule has 15 aromatic heterocycles. The maximum absolute atomic E-state index is 13.3. The van der Waals surface area contributed by atoms with Gasteiger partial charge in [-0.05, 0) is 170 Å². The van der Waals surface area contributed by atoms with E-state index in [0.29, 0.717) is 79.4 Å². The minimum absolute atomic E-state index is 0. The normalized spacial score (nSPS) is 9.87. The molecule has 0 amide bonds. The van der Waals surface area contributed by atoms with E-state index < -0.39 is 11.8 Å². The number of hydrogen-bond donors (Lipinski definition) is 0. The molecule has 0 spiro atoms. The Hall–Kier alpha value is -13.6. The third-order valence-electron chi connectivity index (χ3n) is 20.0. The van der Waals surface area contributed by atoms with Gasteiger partial charge < -0.3 is 40.9 Å². The van der Waals surface area contributed by atoms with E-state index in [1.165, 1.54) is 47.1 Å². The smallest absolute Gasteiger partial charge is 0.872 e. The second-order valence-corrected chi connectivity index (χ2v) is 31.3. The van der Waals surface area contributed by atoms with Gasteiger partial charge in [-0.25, -0.2) is 33.7 Å². The first-order chi connectivity index (χ1) is 67.0. The molecule has 33 nitrogen and oxygen atoms in total. The molecule has 0 aliphatic heterocycles. The number of benzene rings is 6. The van der Waals surface area contributed by atoms with Crippen molar-refractivity contribution in [1.29, 1.82) is 0 Å². The summed E-state index contributed by atoms with van der Waals surface area (Å²) in [6.45, 7) is 17.2. The van der Waals surface area contributed by atoms with Gasteiger partial charge in [0.15, 0.2) is 5.82 Å². The summed E-state index contributed by atoms with van der Waals surface area (Å²) in [7, 11) is 0. The zero-order valence-electron chi connectivity index (χ0n) is 80.3. The average molecular weight is 2400 g/mol. The summed E-state index contributed by atoms with van der Waals surface area (Å²) < 4.78 is 6.54. The van der Waals surface area contributed by atoms with Crippen LogP contribution in [-0.2, 0) is 0 Å². The summed E-state index contributed by atoms with van der Waals surface area (Å²) in [6, 6.07) is 83.5. The van der Waals surface area contributed by atoms with Crippen molar-refractivity contribution in [2.75, 3.05) is 0 Å². The van der Waals surface area contributed by atoms with Crippen LogP contribution < -0.4 is 40.9 Å². The maximum Gasteiger partial charge on any atom is 3.00 e. The van der Waals surface area contributed by atoms with Crippen molar-refractivity contribution in [3.05, 3.63) is 393 Å². The van der Waals surface area contributed by atoms with Gasteiger partial charge in [0.25, 0.3) is 0 Å². The number of hydrogen-bond acceptors (Lipinski definition) is 30. The number of pyridine rings is 5. The summed E-state index contributed by atoms with van der Waals surface area (Å²) in [4.78, 5) is 46.3. The van der Waals surface area contributed by atoms with Crippen molar-refractivity contribution in [2.45, 2.75) is 62.3 Å². The summed E-state index contributed by atoms with van der Waals surface area (Å²) in [5.41, 5.74) is 19.7. The Labute approximate surface area is 949 Å². The van der Waals surface area contributed by atoms with E-state index in [9.17, 15) is 40.9 Å². The van der Waals surface area contributed by atoms with Crippen LogP contribution in [0.15, 0.2) is 341 Å². The van der Waals surface area contributed by atoms with Gasteiger partial charge >= 0.3 is 158 Å². The molecule has 0 fully saturated rings. The number of aromatic nitrogens is 25. The fourth-order valence-electron chi connectivity index (χ4n) is 13.8. The molecule has 15 heterocycles. The minimum atomic E-state index is -0.501. The van der Waals surface area contributed by atoms with Crippen LogP contribution in [0, 0.1) is 62.3 Å². The SMILES string of the molecule is Cc1cc(C)n(-c2c(-c3ccccc3)sc(-c3ccccc3)c2[O-])n1.Cc1cc(C)n(-c2ccccc2[O-])n1.Cc1cc(C)n(-c2cnccc2[O-])n1.Cc1cc(C)n(-c2ncnnc2[O-])n1.Cc1ccc([O-])c(-c2cnccn2)c1.[Ga+3].[Ga+3].[Ga+3].[Ga+3].[Ga+3].[Ga+3].[Ga+3].[Ga+3].[O-]c1ncnc(-c2ccccc2)c1-c1ccccn1.[O-]c1nnc(-c2ccccc2)cc1-c1ccccn1.[O-]c1nnc(-c2ccccn2)nc1-c1ccccn1. The summed E-state index contributed by atoms with van der Waals surface area (Å²) in [5.74, 6) is -1.21. The number of para-hydroxylation sites is 2. The Balaban J connectivity index is 0.000000255. The molecule has 0 aliphatic rings. The molecule has 0 saturated carbocycles. The van der Waals surface area contributed by atoms with Crippen LogP contribution in [0.5, 0.6) is 46.5 Å². The van der Waals surface area contributed by atoms with E-state index in [4.69, 9.17) is 0 Å². The molecule has 0 aliphatic carbocycles. The molecule has 686 valence electrons. The first-order valence-corrected chi connectivity index (χ1v) is 43.4. The molecular formula is C104H83Ga8N25O8S+16. The molecule has 42 heteroatoms. The van der Waals surface area contributed by atoms with Crippen molar-refractivity contribution in [2.24, 2.45) is 0 Å². The third-order valence-corrected chi connectivity index (χ3v) is 21.3. The van der Waals surface area contributed by atoms with Crippen LogP contribution in [0.1, 0.15) is 51.1 Å². The monoisotopic (exact) mass is 2390 g/mol. The van der Waals surface area contributed by atoms with Crippen molar-refractivity contribution >= 4 is 170 Å². The topological polar surface area (TPSA) is 475 Å². The first kappa shape index (κ1) is 121. The number of nitrogens with zero attached hydrogens (tertiary/aromatic N) is 25. The standard InChI is InChI=1S/C21H18N2OS.2C15H11N3O.C13H9N5O.C11H12N2O.C11H10N2O.C10H11N3O.C8H9N5O.8Ga/c1-14-13-15(2)23(22-14)18-19(24)21(17-11-7-4-8-12-17)25-20(18)16-9-5-3-6-10-16;19-15-12(13-8-4-5-9-16-13)10-14(17-18-15)11-6-2-1-3-7-11;19-15-13(12-8-4-5-9-16-12)14(17-10-18-15)11-6-2-1-3-7-11;19-13-11(9-5-1-3-7-14-9)16-12(17-18-13)10-6-2-4-8-15-10;1-8-7-9(2)13(12-8)10-5-3-4-6-11(10)14;1-8-2-3-11(14)9(6-8)10-7-12-4-5-13-10;1-7-5-8(2)13(12-7)9-6-11-4-3-10(9)14;1-5-3-6(2)13(12-5)7-8(14)11-10-4-9-7;;;;;;;;/h3-13,24H,1-2H3;1-10H,(H,18,19);1-10H,(H,17,18,19);1-8H,(H,18,19);3-7,14H,1-2H3;2-7,14H,1H3;3-6H,1-2H3,(H,11,14);3-4H,1-2H3,(H,11,14);;;;;;;;/q;;;;;;;;8*+3/p-8. The Kier molecular flexibility index (Phi) is 49.5. The fourth-order valence-corrected chi connectivity index (χ4v) is 15.0. The molecule has 0 radical (unpaired) electrons. The van der Waals surface area contributed by atoms with Crippen LogP contribution in [0.25, 0.3) is 123 Å². The van der Waals surface area contributed by atoms with Crippen LogP contribution in [0.2, 0.25) is 0 Å². The van der Waals surface area contributed by atoms with E-state index in [2.05, 4.69) is 106 Å². The van der Waals surface area contributed by atoms with Gasteiger partial charge in [-0.1, -0.05) is 211 Å². The zero-order valence-corrected chi connectivity index (χ0v) is 101. The Bertz CT molecular complexity index is 7260. The van der Waals surface area contributed by atoms with Gasteiger partial charge in [0.2, 0.25) is 5.82 Å². The maximum atomic E-state index is 13.3. The van der Waals surface area contributed by atoms with E-state index >= 15 is 0 Å². The number of thiophene rings is 1. The molecular weight excluding hydrogens is 2320 g/mol. The summed E-state index contributed by atoms with van der Waals surface area (Å²) in [6.07, 6.45) is 16.8. The average Bonchev–Trinajstić information content (AvgIpc) is 1.60. The van der Waals surface area contributed by atoms with Gasteiger partial charge in [0.1, 0.15) is 24.0 Å². The molecule has 0 bridgehead atoms.